The maximum atomic E-state index is 11.9. The molecule has 0 spiro atoms. The van der Waals surface area contributed by atoms with Gasteiger partial charge in [0.1, 0.15) is 5.75 Å². The number of benzene rings is 2. The van der Waals surface area contributed by atoms with Crippen molar-refractivity contribution in [3.8, 4) is 5.75 Å². The van der Waals surface area contributed by atoms with E-state index in [9.17, 15) is 9.59 Å². The second-order valence-electron chi connectivity index (χ2n) is 4.95. The van der Waals surface area contributed by atoms with Crippen molar-refractivity contribution < 1.29 is 14.3 Å². The molecule has 0 radical (unpaired) electrons. The van der Waals surface area contributed by atoms with Gasteiger partial charge in [-0.05, 0) is 17.7 Å². The van der Waals surface area contributed by atoms with Crippen LogP contribution in [0.5, 0.6) is 5.75 Å². The van der Waals surface area contributed by atoms with Crippen molar-refractivity contribution in [2.75, 3.05) is 12.4 Å². The Morgan fingerprint density at radius 2 is 1.67 bits per heavy atom. The molecule has 6 nitrogen and oxygen atoms in total. The molecule has 2 amide bonds. The second kappa shape index (κ2) is 9.09. The van der Waals surface area contributed by atoms with Crippen LogP contribution in [0, 0.1) is 0 Å². The first-order chi connectivity index (χ1) is 11.7. The topological polar surface area (TPSA) is 79.8 Å². The first-order valence-electron chi connectivity index (χ1n) is 7.49. The lowest BCUT2D eigenvalue weighted by Gasteiger charge is -2.09. The molecule has 2 aromatic carbocycles. The van der Waals surface area contributed by atoms with Crippen LogP contribution in [0.25, 0.3) is 0 Å². The molecule has 0 aliphatic heterocycles. The molecule has 0 saturated heterocycles. The number of rotatable bonds is 7. The zero-order chi connectivity index (χ0) is 17.2. The first kappa shape index (κ1) is 17.2. The highest BCUT2D eigenvalue weighted by atomic mass is 16.5. The number of hydrogen-bond donors (Lipinski definition) is 2. The summed E-state index contributed by atoms with van der Waals surface area (Å²) in [7, 11) is 1.53. The van der Waals surface area contributed by atoms with Crippen LogP contribution in [-0.4, -0.2) is 25.1 Å². The number of para-hydroxylation sites is 2. The van der Waals surface area contributed by atoms with E-state index in [2.05, 4.69) is 15.8 Å². The summed E-state index contributed by atoms with van der Waals surface area (Å²) in [6, 6.07) is 16.5. The average molecular weight is 325 g/mol. The fraction of sp³-hybridized carbons (Fsp3) is 0.167. The summed E-state index contributed by atoms with van der Waals surface area (Å²) in [6.45, 7) is 0. The third kappa shape index (κ3) is 5.57. The predicted octanol–water partition coefficient (Wildman–Crippen LogP) is 2.56. The van der Waals surface area contributed by atoms with Crippen LogP contribution in [0.3, 0.4) is 0 Å². The standard InChI is InChI=1S/C18H19N3O3/c1-24-16-10-6-5-9-15(16)20-17(22)11-12-18(23)21-19-13-14-7-3-2-4-8-14/h2-10,13H,11-12H2,1H3,(H,20,22)(H,21,23). The van der Waals surface area contributed by atoms with Crippen LogP contribution >= 0.6 is 0 Å². The van der Waals surface area contributed by atoms with Gasteiger partial charge >= 0.3 is 0 Å². The number of nitrogens with zero attached hydrogens (tertiary/aromatic N) is 1. The molecule has 2 N–H and O–H groups in total. The molecule has 6 heteroatoms. The fourth-order valence-corrected chi connectivity index (χ4v) is 1.96. The zero-order valence-electron chi connectivity index (χ0n) is 13.4. The largest absolute Gasteiger partial charge is 0.495 e. The highest BCUT2D eigenvalue weighted by Crippen LogP contribution is 2.23. The van der Waals surface area contributed by atoms with Gasteiger partial charge in [0.25, 0.3) is 0 Å². The van der Waals surface area contributed by atoms with Crippen molar-refractivity contribution in [3.05, 3.63) is 60.2 Å². The van der Waals surface area contributed by atoms with E-state index in [1.807, 2.05) is 36.4 Å². The Morgan fingerprint density at radius 1 is 1.00 bits per heavy atom. The van der Waals surface area contributed by atoms with Gasteiger partial charge in [0.2, 0.25) is 11.8 Å². The van der Waals surface area contributed by atoms with Crippen LogP contribution in [0.1, 0.15) is 18.4 Å². The van der Waals surface area contributed by atoms with Gasteiger partial charge in [-0.3, -0.25) is 9.59 Å². The maximum absolute atomic E-state index is 11.9. The number of carbonyl (C=O) groups is 2. The van der Waals surface area contributed by atoms with Gasteiger partial charge in [0, 0.05) is 12.8 Å². The van der Waals surface area contributed by atoms with Gasteiger partial charge in [0.05, 0.1) is 19.0 Å². The van der Waals surface area contributed by atoms with Crippen molar-refractivity contribution in [2.45, 2.75) is 12.8 Å². The normalized spacial score (nSPS) is 10.4. The summed E-state index contributed by atoms with van der Waals surface area (Å²) >= 11 is 0. The molecule has 0 bridgehead atoms. The smallest absolute Gasteiger partial charge is 0.240 e. The summed E-state index contributed by atoms with van der Waals surface area (Å²) in [6.07, 6.45) is 1.66. The van der Waals surface area contributed by atoms with Crippen molar-refractivity contribution in [3.63, 3.8) is 0 Å². The molecular weight excluding hydrogens is 306 g/mol. The monoisotopic (exact) mass is 325 g/mol. The Hall–Kier alpha value is -3.15. The van der Waals surface area contributed by atoms with Crippen LogP contribution in [0.2, 0.25) is 0 Å². The first-order valence-corrected chi connectivity index (χ1v) is 7.49. The Kier molecular flexibility index (Phi) is 6.52. The third-order valence-corrected chi connectivity index (χ3v) is 3.16. The minimum atomic E-state index is -0.322. The molecule has 0 heterocycles. The summed E-state index contributed by atoms with van der Waals surface area (Å²) in [5.41, 5.74) is 3.86. The van der Waals surface area contributed by atoms with Crippen LogP contribution in [0.15, 0.2) is 59.7 Å². The fourth-order valence-electron chi connectivity index (χ4n) is 1.96. The number of hydrazone groups is 1. The molecule has 0 aromatic heterocycles. The Labute approximate surface area is 140 Å². The van der Waals surface area contributed by atoms with Gasteiger partial charge in [0.15, 0.2) is 0 Å². The minimum absolute atomic E-state index is 0.0487. The molecular formula is C18H19N3O3. The average Bonchev–Trinajstić information content (AvgIpc) is 2.61. The van der Waals surface area contributed by atoms with E-state index in [1.165, 1.54) is 7.11 Å². The molecule has 24 heavy (non-hydrogen) atoms. The van der Waals surface area contributed by atoms with Gasteiger partial charge in [-0.15, -0.1) is 0 Å². The molecule has 0 atom stereocenters. The number of nitrogens with one attached hydrogen (secondary N) is 2. The van der Waals surface area contributed by atoms with Gasteiger partial charge in [-0.2, -0.15) is 5.10 Å². The lowest BCUT2D eigenvalue weighted by Crippen LogP contribution is -2.20. The molecule has 0 unspecified atom stereocenters. The van der Waals surface area contributed by atoms with E-state index in [-0.39, 0.29) is 24.7 Å². The third-order valence-electron chi connectivity index (χ3n) is 3.16. The number of carbonyl (C=O) groups excluding carboxylic acids is 2. The Balaban J connectivity index is 1.75. The molecule has 2 rings (SSSR count). The number of methoxy groups -OCH3 is 1. The number of hydrogen-bond acceptors (Lipinski definition) is 4. The molecule has 124 valence electrons. The van der Waals surface area contributed by atoms with Crippen LogP contribution in [0.4, 0.5) is 5.69 Å². The van der Waals surface area contributed by atoms with Crippen molar-refractivity contribution >= 4 is 23.7 Å². The highest BCUT2D eigenvalue weighted by Gasteiger charge is 2.09. The van der Waals surface area contributed by atoms with Crippen LogP contribution in [-0.2, 0) is 9.59 Å². The van der Waals surface area contributed by atoms with Gasteiger partial charge < -0.3 is 10.1 Å². The van der Waals surface area contributed by atoms with E-state index in [4.69, 9.17) is 4.74 Å². The molecule has 2 aromatic rings. The molecule has 0 aliphatic carbocycles. The Bertz CT molecular complexity index is 714. The second-order valence-corrected chi connectivity index (χ2v) is 4.95. The van der Waals surface area contributed by atoms with E-state index in [1.54, 1.807) is 24.4 Å². The summed E-state index contributed by atoms with van der Waals surface area (Å²) in [5, 5.41) is 6.57. The van der Waals surface area contributed by atoms with E-state index < -0.39 is 0 Å². The Morgan fingerprint density at radius 3 is 2.42 bits per heavy atom. The minimum Gasteiger partial charge on any atom is -0.495 e. The summed E-state index contributed by atoms with van der Waals surface area (Å²) in [5.74, 6) is -0.0122. The number of amides is 2. The van der Waals surface area contributed by atoms with Gasteiger partial charge in [-0.25, -0.2) is 5.43 Å². The summed E-state index contributed by atoms with van der Waals surface area (Å²) < 4.78 is 5.15. The lowest BCUT2D eigenvalue weighted by molar-refractivity contribution is -0.124. The zero-order valence-corrected chi connectivity index (χ0v) is 13.4. The molecule has 0 saturated carbocycles. The van der Waals surface area contributed by atoms with Crippen molar-refractivity contribution in [2.24, 2.45) is 5.10 Å². The van der Waals surface area contributed by atoms with Crippen molar-refractivity contribution in [1.82, 2.24) is 5.43 Å². The number of ether oxygens (including phenoxy) is 1. The summed E-state index contributed by atoms with van der Waals surface area (Å²) in [4.78, 5) is 23.6. The quantitative estimate of drug-likeness (QED) is 0.606. The van der Waals surface area contributed by atoms with Crippen LogP contribution < -0.4 is 15.5 Å². The molecule has 0 fully saturated rings. The lowest BCUT2D eigenvalue weighted by atomic mass is 10.2. The SMILES string of the molecule is COc1ccccc1NC(=O)CCC(=O)NN=Cc1ccccc1. The maximum Gasteiger partial charge on any atom is 0.240 e. The highest BCUT2D eigenvalue weighted by molar-refractivity contribution is 5.94. The van der Waals surface area contributed by atoms with Gasteiger partial charge in [-0.1, -0.05) is 42.5 Å². The molecule has 0 aliphatic rings. The van der Waals surface area contributed by atoms with E-state index in [0.717, 1.165) is 5.56 Å². The van der Waals surface area contributed by atoms with E-state index >= 15 is 0 Å². The van der Waals surface area contributed by atoms with Crippen molar-refractivity contribution in [1.29, 1.82) is 0 Å². The number of anilines is 1. The van der Waals surface area contributed by atoms with E-state index in [0.29, 0.717) is 11.4 Å². The predicted molar refractivity (Wildman–Crippen MR) is 93.0 cm³/mol.